The lowest BCUT2D eigenvalue weighted by Crippen LogP contribution is -2.08. The molecule has 5 nitrogen and oxygen atoms in total. The van der Waals surface area contributed by atoms with Crippen molar-refractivity contribution in [1.29, 1.82) is 0 Å². The molecule has 94 valence electrons. The quantitative estimate of drug-likeness (QED) is 0.833. The van der Waals surface area contributed by atoms with Gasteiger partial charge in [-0.1, -0.05) is 0 Å². The Kier molecular flexibility index (Phi) is 3.53. The molecule has 0 spiro atoms. The minimum atomic E-state index is 0.164. The van der Waals surface area contributed by atoms with E-state index >= 15 is 0 Å². The average molecular weight is 264 g/mol. The predicted molar refractivity (Wildman–Crippen MR) is 75.5 cm³/mol. The van der Waals surface area contributed by atoms with Gasteiger partial charge in [-0.3, -0.25) is 0 Å². The summed E-state index contributed by atoms with van der Waals surface area (Å²) in [6, 6.07) is 7.90. The summed E-state index contributed by atoms with van der Waals surface area (Å²) in [6.45, 7) is 0. The van der Waals surface area contributed by atoms with Gasteiger partial charge in [-0.2, -0.15) is 4.98 Å². The van der Waals surface area contributed by atoms with Crippen molar-refractivity contribution in [2.45, 2.75) is 0 Å². The molecule has 18 heavy (non-hydrogen) atoms. The second kappa shape index (κ2) is 5.10. The van der Waals surface area contributed by atoms with Crippen LogP contribution in [0.5, 0.6) is 0 Å². The molecule has 0 bridgehead atoms. The molecule has 2 aromatic rings. The second-order valence-corrected chi connectivity index (χ2v) is 4.35. The van der Waals surface area contributed by atoms with Gasteiger partial charge in [0.25, 0.3) is 0 Å². The minimum absolute atomic E-state index is 0.164. The molecule has 3 N–H and O–H groups in total. The van der Waals surface area contributed by atoms with Crippen molar-refractivity contribution in [2.75, 3.05) is 30.0 Å². The van der Waals surface area contributed by atoms with Gasteiger partial charge in [-0.15, -0.1) is 0 Å². The van der Waals surface area contributed by atoms with Gasteiger partial charge in [0.05, 0.1) is 11.9 Å². The van der Waals surface area contributed by atoms with Crippen LogP contribution < -0.4 is 16.0 Å². The van der Waals surface area contributed by atoms with Gasteiger partial charge in [0, 0.05) is 25.5 Å². The molecular formula is C12H14ClN5. The molecule has 1 aromatic carbocycles. The summed E-state index contributed by atoms with van der Waals surface area (Å²) in [5, 5.41) is 3.26. The van der Waals surface area contributed by atoms with Crippen LogP contribution in [0, 0.1) is 0 Å². The number of nitrogen functional groups attached to an aromatic ring is 1. The lowest BCUT2D eigenvalue weighted by atomic mass is 10.2. The normalized spacial score (nSPS) is 10.2. The zero-order valence-corrected chi connectivity index (χ0v) is 10.9. The number of nitrogens with zero attached hydrogens (tertiary/aromatic N) is 3. The molecule has 0 aliphatic rings. The van der Waals surface area contributed by atoms with E-state index in [0.717, 1.165) is 11.4 Å². The van der Waals surface area contributed by atoms with E-state index in [4.69, 9.17) is 17.3 Å². The standard InChI is InChI=1S/C12H14ClN5/c1-18(2)9-5-3-8(4-6-9)16-11-10(14)7-15-12(13)17-11/h3-7H,14H2,1-2H3,(H,15,16,17). The maximum atomic E-state index is 5.76. The number of benzene rings is 1. The predicted octanol–water partition coefficient (Wildman–Crippen LogP) is 2.52. The maximum Gasteiger partial charge on any atom is 0.224 e. The van der Waals surface area contributed by atoms with Gasteiger partial charge < -0.3 is 16.0 Å². The van der Waals surface area contributed by atoms with Crippen molar-refractivity contribution in [3.63, 3.8) is 0 Å². The highest BCUT2D eigenvalue weighted by Crippen LogP contribution is 2.23. The molecule has 1 aromatic heterocycles. The molecule has 0 amide bonds. The van der Waals surface area contributed by atoms with E-state index < -0.39 is 0 Å². The number of hydrogen-bond acceptors (Lipinski definition) is 5. The smallest absolute Gasteiger partial charge is 0.224 e. The molecule has 0 saturated carbocycles. The Labute approximate surface area is 111 Å². The van der Waals surface area contributed by atoms with Crippen LogP contribution in [0.4, 0.5) is 22.9 Å². The van der Waals surface area contributed by atoms with Crippen molar-refractivity contribution in [1.82, 2.24) is 9.97 Å². The van der Waals surface area contributed by atoms with E-state index in [1.165, 1.54) is 6.20 Å². The van der Waals surface area contributed by atoms with Crippen molar-refractivity contribution >= 4 is 34.5 Å². The molecule has 0 saturated heterocycles. The van der Waals surface area contributed by atoms with Crippen LogP contribution in [0.2, 0.25) is 5.28 Å². The maximum absolute atomic E-state index is 5.76. The van der Waals surface area contributed by atoms with Gasteiger partial charge in [-0.25, -0.2) is 4.98 Å². The van der Waals surface area contributed by atoms with E-state index in [-0.39, 0.29) is 5.28 Å². The average Bonchev–Trinajstić information content (AvgIpc) is 2.34. The van der Waals surface area contributed by atoms with Crippen LogP contribution in [0.3, 0.4) is 0 Å². The highest BCUT2D eigenvalue weighted by atomic mass is 35.5. The van der Waals surface area contributed by atoms with Gasteiger partial charge in [0.2, 0.25) is 5.28 Å². The number of rotatable bonds is 3. The summed E-state index contributed by atoms with van der Waals surface area (Å²) in [5.74, 6) is 0.507. The lowest BCUT2D eigenvalue weighted by molar-refractivity contribution is 1.13. The molecule has 0 fully saturated rings. The van der Waals surface area contributed by atoms with Crippen LogP contribution in [0.1, 0.15) is 0 Å². The highest BCUT2D eigenvalue weighted by Gasteiger charge is 2.04. The van der Waals surface area contributed by atoms with Crippen LogP contribution in [0.15, 0.2) is 30.5 Å². The van der Waals surface area contributed by atoms with Crippen molar-refractivity contribution in [3.05, 3.63) is 35.7 Å². The Bertz CT molecular complexity index is 539. The number of nitrogens with two attached hydrogens (primary N) is 1. The number of hydrogen-bond donors (Lipinski definition) is 2. The largest absolute Gasteiger partial charge is 0.394 e. The molecule has 0 atom stereocenters. The van der Waals surface area contributed by atoms with Crippen LogP contribution >= 0.6 is 11.6 Å². The van der Waals surface area contributed by atoms with Crippen LogP contribution in [-0.4, -0.2) is 24.1 Å². The van der Waals surface area contributed by atoms with Gasteiger partial charge >= 0.3 is 0 Å². The fourth-order valence-electron chi connectivity index (χ4n) is 1.45. The fourth-order valence-corrected chi connectivity index (χ4v) is 1.58. The number of aromatic nitrogens is 2. The topological polar surface area (TPSA) is 67.1 Å². The molecule has 1 heterocycles. The van der Waals surface area contributed by atoms with Crippen molar-refractivity contribution in [2.24, 2.45) is 0 Å². The molecule has 0 aliphatic heterocycles. The third kappa shape index (κ3) is 2.81. The Morgan fingerprint density at radius 3 is 2.50 bits per heavy atom. The van der Waals surface area contributed by atoms with Crippen LogP contribution in [0.25, 0.3) is 0 Å². The first-order valence-corrected chi connectivity index (χ1v) is 5.76. The number of halogens is 1. The zero-order chi connectivity index (χ0) is 13.1. The third-order valence-electron chi connectivity index (χ3n) is 2.43. The molecule has 2 rings (SSSR count). The van der Waals surface area contributed by atoms with Crippen molar-refractivity contribution < 1.29 is 0 Å². The lowest BCUT2D eigenvalue weighted by Gasteiger charge is -2.13. The van der Waals surface area contributed by atoms with Crippen LogP contribution in [-0.2, 0) is 0 Å². The summed E-state index contributed by atoms with van der Waals surface area (Å²) in [7, 11) is 3.98. The Hall–Kier alpha value is -2.01. The van der Waals surface area contributed by atoms with E-state index in [2.05, 4.69) is 15.3 Å². The van der Waals surface area contributed by atoms with Gasteiger partial charge in [-0.05, 0) is 35.9 Å². The first-order chi connectivity index (χ1) is 8.56. The minimum Gasteiger partial charge on any atom is -0.394 e. The zero-order valence-electron chi connectivity index (χ0n) is 10.2. The highest BCUT2D eigenvalue weighted by molar-refractivity contribution is 6.28. The molecule has 0 radical (unpaired) electrons. The molecule has 0 aliphatic carbocycles. The van der Waals surface area contributed by atoms with E-state index in [1.54, 1.807) is 0 Å². The Morgan fingerprint density at radius 1 is 1.22 bits per heavy atom. The second-order valence-electron chi connectivity index (χ2n) is 4.01. The molecule has 0 unspecified atom stereocenters. The van der Waals surface area contributed by atoms with Gasteiger partial charge in [0.1, 0.15) is 0 Å². The van der Waals surface area contributed by atoms with E-state index in [1.807, 2.05) is 43.3 Å². The fraction of sp³-hybridized carbons (Fsp3) is 0.167. The first kappa shape index (κ1) is 12.4. The monoisotopic (exact) mass is 263 g/mol. The summed E-state index contributed by atoms with van der Waals surface area (Å²) in [4.78, 5) is 9.86. The number of nitrogens with one attached hydrogen (secondary N) is 1. The van der Waals surface area contributed by atoms with Gasteiger partial charge in [0.15, 0.2) is 5.82 Å². The summed E-state index contributed by atoms with van der Waals surface area (Å²) in [6.07, 6.45) is 1.48. The molecular weight excluding hydrogens is 250 g/mol. The van der Waals surface area contributed by atoms with E-state index in [0.29, 0.717) is 11.5 Å². The summed E-state index contributed by atoms with van der Waals surface area (Å²) in [5.41, 5.74) is 8.23. The van der Waals surface area contributed by atoms with Crippen molar-refractivity contribution in [3.8, 4) is 0 Å². The summed E-state index contributed by atoms with van der Waals surface area (Å²) >= 11 is 5.73. The number of anilines is 4. The summed E-state index contributed by atoms with van der Waals surface area (Å²) < 4.78 is 0. The Morgan fingerprint density at radius 2 is 1.89 bits per heavy atom. The third-order valence-corrected chi connectivity index (χ3v) is 2.62. The Balaban J connectivity index is 2.21. The SMILES string of the molecule is CN(C)c1ccc(Nc2nc(Cl)ncc2N)cc1. The van der Waals surface area contributed by atoms with E-state index in [9.17, 15) is 0 Å². The first-order valence-electron chi connectivity index (χ1n) is 5.38. The molecule has 6 heteroatoms.